The number of aromatic nitrogens is 2. The summed E-state index contributed by atoms with van der Waals surface area (Å²) in [7, 11) is 0. The molecular formula is C20H16ClN3O4S. The summed E-state index contributed by atoms with van der Waals surface area (Å²) < 4.78 is 0. The van der Waals surface area contributed by atoms with Crippen molar-refractivity contribution in [1.82, 2.24) is 9.97 Å². The zero-order chi connectivity index (χ0) is 20.5. The topological polar surface area (TPSA) is 115 Å². The van der Waals surface area contributed by atoms with E-state index in [1.165, 1.54) is 23.9 Å². The molecule has 2 heterocycles. The predicted molar refractivity (Wildman–Crippen MR) is 111 cm³/mol. The van der Waals surface area contributed by atoms with Crippen LogP contribution in [-0.4, -0.2) is 26.1 Å². The Morgan fingerprint density at radius 2 is 1.86 bits per heavy atom. The van der Waals surface area contributed by atoms with Gasteiger partial charge in [-0.1, -0.05) is 41.6 Å². The number of aromatic amines is 1. The monoisotopic (exact) mass is 429 g/mol. The number of hydrogen-bond acceptors (Lipinski definition) is 6. The maximum Gasteiger partial charge on any atom is 0.257 e. The molecule has 0 spiro atoms. The van der Waals surface area contributed by atoms with Crippen LogP contribution in [0.15, 0.2) is 52.4 Å². The number of hydrogen-bond donors (Lipinski definition) is 4. The van der Waals surface area contributed by atoms with Gasteiger partial charge in [-0.25, -0.2) is 4.98 Å². The molecule has 1 amide bonds. The molecule has 0 fully saturated rings. The second-order valence-electron chi connectivity index (χ2n) is 6.60. The van der Waals surface area contributed by atoms with Crippen molar-refractivity contribution in [2.75, 3.05) is 5.32 Å². The molecule has 1 aromatic heterocycles. The van der Waals surface area contributed by atoms with Crippen molar-refractivity contribution < 1.29 is 15.0 Å². The summed E-state index contributed by atoms with van der Waals surface area (Å²) in [6.07, 6.45) is 0.0409. The molecule has 1 aliphatic heterocycles. The van der Waals surface area contributed by atoms with E-state index in [0.717, 1.165) is 5.56 Å². The molecule has 4 N–H and O–H groups in total. The molecule has 2 aromatic carbocycles. The van der Waals surface area contributed by atoms with Gasteiger partial charge in [0, 0.05) is 23.1 Å². The Hall–Kier alpha value is -2.97. The highest BCUT2D eigenvalue weighted by atomic mass is 35.5. The summed E-state index contributed by atoms with van der Waals surface area (Å²) in [6, 6.07) is 11.6. The van der Waals surface area contributed by atoms with Gasteiger partial charge in [0.05, 0.1) is 5.56 Å². The van der Waals surface area contributed by atoms with Gasteiger partial charge in [0.15, 0.2) is 16.7 Å². The first kappa shape index (κ1) is 19.4. The molecule has 9 heteroatoms. The smallest absolute Gasteiger partial charge is 0.257 e. The van der Waals surface area contributed by atoms with Crippen molar-refractivity contribution in [2.24, 2.45) is 0 Å². The summed E-state index contributed by atoms with van der Waals surface area (Å²) >= 11 is 7.22. The van der Waals surface area contributed by atoms with Crippen LogP contribution in [0.1, 0.15) is 29.0 Å². The molecule has 0 saturated carbocycles. The van der Waals surface area contributed by atoms with Crippen molar-refractivity contribution in [3.63, 3.8) is 0 Å². The Morgan fingerprint density at radius 3 is 2.59 bits per heavy atom. The number of carbonyl (C=O) groups is 1. The molecule has 0 saturated heterocycles. The van der Waals surface area contributed by atoms with E-state index in [1.54, 1.807) is 18.2 Å². The summed E-state index contributed by atoms with van der Waals surface area (Å²) in [5, 5.41) is 23.0. The van der Waals surface area contributed by atoms with Crippen LogP contribution in [-0.2, 0) is 10.5 Å². The molecule has 1 atom stereocenters. The fourth-order valence-corrected chi connectivity index (χ4v) is 4.14. The lowest BCUT2D eigenvalue weighted by Crippen LogP contribution is -2.31. The van der Waals surface area contributed by atoms with Gasteiger partial charge >= 0.3 is 0 Å². The number of carbonyl (C=O) groups excluding carboxylic acids is 1. The van der Waals surface area contributed by atoms with Gasteiger partial charge in [-0.3, -0.25) is 9.59 Å². The SMILES string of the molecule is O=C1CC(c2ccc(O)c(O)c2)c2c(nc(SCc3ccc(Cl)cc3)[nH]c2=O)N1. The number of nitrogens with one attached hydrogen (secondary N) is 2. The normalized spacial score (nSPS) is 15.6. The van der Waals surface area contributed by atoms with E-state index in [-0.39, 0.29) is 35.2 Å². The van der Waals surface area contributed by atoms with E-state index in [1.807, 2.05) is 12.1 Å². The van der Waals surface area contributed by atoms with Crippen LogP contribution in [0.4, 0.5) is 5.82 Å². The number of phenols is 2. The third-order valence-corrected chi connectivity index (χ3v) is 5.82. The van der Waals surface area contributed by atoms with Crippen molar-refractivity contribution >= 4 is 35.1 Å². The van der Waals surface area contributed by atoms with Gasteiger partial charge in [-0.05, 0) is 35.4 Å². The molecule has 3 aromatic rings. The van der Waals surface area contributed by atoms with Gasteiger partial charge in [0.2, 0.25) is 5.91 Å². The number of thioether (sulfide) groups is 1. The average molecular weight is 430 g/mol. The number of nitrogens with zero attached hydrogens (tertiary/aromatic N) is 1. The molecule has 148 valence electrons. The zero-order valence-corrected chi connectivity index (χ0v) is 16.5. The van der Waals surface area contributed by atoms with Crippen LogP contribution >= 0.6 is 23.4 Å². The van der Waals surface area contributed by atoms with E-state index in [9.17, 15) is 19.8 Å². The number of rotatable bonds is 4. The predicted octanol–water partition coefficient (Wildman–Crippen LogP) is 3.60. The lowest BCUT2D eigenvalue weighted by Gasteiger charge is -2.24. The standard InChI is InChI=1S/C20H16ClN3O4S/c21-12-4-1-10(2-5-12)9-29-20-23-18-17(19(28)24-20)13(8-16(27)22-18)11-3-6-14(25)15(26)7-11/h1-7,13,25-26H,8-9H2,(H2,22,23,24,27,28). The van der Waals surface area contributed by atoms with Gasteiger partial charge in [0.1, 0.15) is 5.82 Å². The second-order valence-corrected chi connectivity index (χ2v) is 8.00. The average Bonchev–Trinajstić information content (AvgIpc) is 2.68. The lowest BCUT2D eigenvalue weighted by atomic mass is 9.86. The summed E-state index contributed by atoms with van der Waals surface area (Å²) in [6.45, 7) is 0. The van der Waals surface area contributed by atoms with Crippen LogP contribution in [0.25, 0.3) is 0 Å². The first-order valence-corrected chi connectivity index (χ1v) is 10.1. The van der Waals surface area contributed by atoms with Crippen LogP contribution < -0.4 is 10.9 Å². The number of aromatic hydroxyl groups is 2. The van der Waals surface area contributed by atoms with E-state index in [4.69, 9.17) is 11.6 Å². The number of halogens is 1. The minimum absolute atomic E-state index is 0.0409. The first-order chi connectivity index (χ1) is 13.9. The Kier molecular flexibility index (Phi) is 5.21. The Bertz CT molecular complexity index is 1150. The van der Waals surface area contributed by atoms with Gasteiger partial charge < -0.3 is 20.5 Å². The van der Waals surface area contributed by atoms with Crippen LogP contribution in [0.5, 0.6) is 11.5 Å². The number of fused-ring (bicyclic) bond motifs is 1. The Balaban J connectivity index is 1.65. The molecule has 0 aliphatic carbocycles. The lowest BCUT2D eigenvalue weighted by molar-refractivity contribution is -0.116. The molecule has 0 radical (unpaired) electrons. The van der Waals surface area contributed by atoms with Crippen LogP contribution in [0.3, 0.4) is 0 Å². The minimum atomic E-state index is -0.572. The third-order valence-electron chi connectivity index (χ3n) is 4.62. The van der Waals surface area contributed by atoms with Gasteiger partial charge in [-0.2, -0.15) is 0 Å². The number of amides is 1. The van der Waals surface area contributed by atoms with Gasteiger partial charge in [-0.15, -0.1) is 0 Å². The highest BCUT2D eigenvalue weighted by Gasteiger charge is 2.31. The maximum absolute atomic E-state index is 12.8. The molecule has 1 aliphatic rings. The summed E-state index contributed by atoms with van der Waals surface area (Å²) in [5.41, 5.74) is 1.53. The minimum Gasteiger partial charge on any atom is -0.504 e. The molecule has 4 rings (SSSR count). The second kappa shape index (κ2) is 7.81. The summed E-state index contributed by atoms with van der Waals surface area (Å²) in [4.78, 5) is 32.2. The third kappa shape index (κ3) is 4.08. The molecule has 7 nitrogen and oxygen atoms in total. The molecule has 0 bridgehead atoms. The largest absolute Gasteiger partial charge is 0.504 e. The van der Waals surface area contributed by atoms with Crippen molar-refractivity contribution in [1.29, 1.82) is 0 Å². The Morgan fingerprint density at radius 1 is 1.10 bits per heavy atom. The number of anilines is 1. The van der Waals surface area contributed by atoms with Crippen LogP contribution in [0.2, 0.25) is 5.02 Å². The van der Waals surface area contributed by atoms with E-state index in [2.05, 4.69) is 15.3 Å². The Labute approximate surface area is 174 Å². The van der Waals surface area contributed by atoms with Crippen molar-refractivity contribution in [3.05, 3.63) is 74.5 Å². The molecule has 1 unspecified atom stereocenters. The molecule has 29 heavy (non-hydrogen) atoms. The van der Waals surface area contributed by atoms with E-state index in [0.29, 0.717) is 27.1 Å². The quantitative estimate of drug-likeness (QED) is 0.286. The number of phenolic OH excluding ortho intramolecular Hbond substituents is 2. The van der Waals surface area contributed by atoms with Crippen LogP contribution in [0, 0.1) is 0 Å². The highest BCUT2D eigenvalue weighted by Crippen LogP contribution is 2.37. The maximum atomic E-state index is 12.8. The van der Waals surface area contributed by atoms with E-state index < -0.39 is 5.92 Å². The fraction of sp³-hybridized carbons (Fsp3) is 0.150. The molecular weight excluding hydrogens is 414 g/mol. The number of benzene rings is 2. The van der Waals surface area contributed by atoms with E-state index >= 15 is 0 Å². The highest BCUT2D eigenvalue weighted by molar-refractivity contribution is 7.98. The van der Waals surface area contributed by atoms with Crippen molar-refractivity contribution in [3.8, 4) is 11.5 Å². The van der Waals surface area contributed by atoms with Gasteiger partial charge in [0.25, 0.3) is 5.56 Å². The zero-order valence-electron chi connectivity index (χ0n) is 15.0. The van der Waals surface area contributed by atoms with Crippen molar-refractivity contribution in [2.45, 2.75) is 23.2 Å². The summed E-state index contributed by atoms with van der Waals surface area (Å²) in [5.74, 6) is -0.646. The number of H-pyrrole nitrogens is 1. The first-order valence-electron chi connectivity index (χ1n) is 8.74. The fourth-order valence-electron chi connectivity index (χ4n) is 3.19.